The minimum absolute atomic E-state index is 0.109. The molecule has 172 valence electrons. The maximum absolute atomic E-state index is 12.1. The first-order valence-corrected chi connectivity index (χ1v) is 10.5. The molecule has 0 aliphatic carbocycles. The lowest BCUT2D eigenvalue weighted by molar-refractivity contribution is -0.118. The molecule has 8 nitrogen and oxygen atoms in total. The number of alkyl carbamates (subject to hydrolysis) is 1. The number of hydrogen-bond donors (Lipinski definition) is 3. The normalized spacial score (nSPS) is 10.8. The Morgan fingerprint density at radius 1 is 0.844 bits per heavy atom. The SMILES string of the molecule is CCCc1ccc(OCC(=O)Nc2ccc(NC(=O)CNC(=O)OC(C)(C)C)cc2)cc1. The number of carbonyl (C=O) groups excluding carboxylic acids is 3. The fraction of sp³-hybridized carbons (Fsp3) is 0.375. The molecule has 0 saturated heterocycles. The molecule has 0 radical (unpaired) electrons. The highest BCUT2D eigenvalue weighted by Gasteiger charge is 2.16. The van der Waals surface area contributed by atoms with E-state index in [0.29, 0.717) is 17.1 Å². The van der Waals surface area contributed by atoms with Crippen molar-refractivity contribution in [1.82, 2.24) is 5.32 Å². The van der Waals surface area contributed by atoms with Gasteiger partial charge < -0.3 is 25.4 Å². The van der Waals surface area contributed by atoms with Gasteiger partial charge in [-0.25, -0.2) is 4.79 Å². The number of nitrogens with one attached hydrogen (secondary N) is 3. The van der Waals surface area contributed by atoms with E-state index in [-0.39, 0.29) is 19.1 Å². The first-order valence-electron chi connectivity index (χ1n) is 10.5. The lowest BCUT2D eigenvalue weighted by atomic mass is 10.1. The third kappa shape index (κ3) is 9.51. The predicted molar refractivity (Wildman–Crippen MR) is 124 cm³/mol. The first-order chi connectivity index (χ1) is 15.1. The van der Waals surface area contributed by atoms with Gasteiger partial charge in [0.15, 0.2) is 6.61 Å². The molecule has 0 fully saturated rings. The van der Waals surface area contributed by atoms with Gasteiger partial charge in [0.2, 0.25) is 5.91 Å². The van der Waals surface area contributed by atoms with Crippen LogP contribution in [0.3, 0.4) is 0 Å². The van der Waals surface area contributed by atoms with Gasteiger partial charge in [0.25, 0.3) is 5.91 Å². The Labute approximate surface area is 188 Å². The molecule has 0 bridgehead atoms. The van der Waals surface area contributed by atoms with Crippen LogP contribution in [0.25, 0.3) is 0 Å². The largest absolute Gasteiger partial charge is 0.484 e. The molecular formula is C24H31N3O5. The number of anilines is 2. The summed E-state index contributed by atoms with van der Waals surface area (Å²) in [6, 6.07) is 14.3. The minimum Gasteiger partial charge on any atom is -0.484 e. The van der Waals surface area contributed by atoms with E-state index in [9.17, 15) is 14.4 Å². The molecule has 2 rings (SSSR count). The van der Waals surface area contributed by atoms with Crippen molar-refractivity contribution in [3.05, 3.63) is 54.1 Å². The van der Waals surface area contributed by atoms with Gasteiger partial charge in [0, 0.05) is 11.4 Å². The number of ether oxygens (including phenoxy) is 2. The number of amides is 3. The summed E-state index contributed by atoms with van der Waals surface area (Å²) >= 11 is 0. The van der Waals surface area contributed by atoms with Crippen LogP contribution in [0.2, 0.25) is 0 Å². The summed E-state index contributed by atoms with van der Waals surface area (Å²) in [6.07, 6.45) is 1.43. The summed E-state index contributed by atoms with van der Waals surface area (Å²) in [5, 5.41) is 7.78. The first kappa shape index (κ1) is 24.7. The van der Waals surface area contributed by atoms with Crippen LogP contribution in [0.4, 0.5) is 16.2 Å². The summed E-state index contributed by atoms with van der Waals surface area (Å²) in [5.74, 6) is -0.0509. The Hall–Kier alpha value is -3.55. The highest BCUT2D eigenvalue weighted by Crippen LogP contribution is 2.15. The molecule has 0 aromatic heterocycles. The molecule has 2 aromatic rings. The summed E-state index contributed by atoms with van der Waals surface area (Å²) in [7, 11) is 0. The van der Waals surface area contributed by atoms with Crippen molar-refractivity contribution in [1.29, 1.82) is 0 Å². The highest BCUT2D eigenvalue weighted by atomic mass is 16.6. The smallest absolute Gasteiger partial charge is 0.408 e. The summed E-state index contributed by atoms with van der Waals surface area (Å²) in [4.78, 5) is 35.6. The van der Waals surface area contributed by atoms with Crippen LogP contribution in [0.15, 0.2) is 48.5 Å². The van der Waals surface area contributed by atoms with E-state index >= 15 is 0 Å². The van der Waals surface area contributed by atoms with Crippen molar-refractivity contribution >= 4 is 29.3 Å². The lowest BCUT2D eigenvalue weighted by Crippen LogP contribution is -2.37. The van der Waals surface area contributed by atoms with E-state index in [4.69, 9.17) is 9.47 Å². The monoisotopic (exact) mass is 441 g/mol. The van der Waals surface area contributed by atoms with Gasteiger partial charge >= 0.3 is 6.09 Å². The van der Waals surface area contributed by atoms with Crippen LogP contribution in [0.5, 0.6) is 5.75 Å². The van der Waals surface area contributed by atoms with E-state index in [1.54, 1.807) is 45.0 Å². The second kappa shape index (κ2) is 11.7. The zero-order chi connectivity index (χ0) is 23.6. The number of benzene rings is 2. The van der Waals surface area contributed by atoms with Crippen LogP contribution in [-0.2, 0) is 20.7 Å². The fourth-order valence-electron chi connectivity index (χ4n) is 2.70. The van der Waals surface area contributed by atoms with Crippen molar-refractivity contribution < 1.29 is 23.9 Å². The number of rotatable bonds is 9. The zero-order valence-corrected chi connectivity index (χ0v) is 19.0. The van der Waals surface area contributed by atoms with E-state index in [1.807, 2.05) is 24.3 Å². The van der Waals surface area contributed by atoms with E-state index in [2.05, 4.69) is 22.9 Å². The molecule has 32 heavy (non-hydrogen) atoms. The van der Waals surface area contributed by atoms with E-state index in [0.717, 1.165) is 12.8 Å². The molecule has 0 aliphatic heterocycles. The minimum atomic E-state index is -0.662. The summed E-state index contributed by atoms with van der Waals surface area (Å²) < 4.78 is 10.6. The topological polar surface area (TPSA) is 106 Å². The quantitative estimate of drug-likeness (QED) is 0.543. The summed E-state index contributed by atoms with van der Waals surface area (Å²) in [6.45, 7) is 7.02. The van der Waals surface area contributed by atoms with Crippen molar-refractivity contribution in [2.45, 2.75) is 46.1 Å². The number of aryl methyl sites for hydroxylation is 1. The van der Waals surface area contributed by atoms with Crippen LogP contribution >= 0.6 is 0 Å². The Morgan fingerprint density at radius 2 is 1.41 bits per heavy atom. The molecule has 0 unspecified atom stereocenters. The summed E-state index contributed by atoms with van der Waals surface area (Å²) in [5.41, 5.74) is 1.70. The molecule has 0 atom stereocenters. The van der Waals surface area contributed by atoms with Crippen LogP contribution < -0.4 is 20.7 Å². The van der Waals surface area contributed by atoms with Gasteiger partial charge in [-0.3, -0.25) is 9.59 Å². The molecule has 0 aliphatic rings. The van der Waals surface area contributed by atoms with Crippen LogP contribution in [0.1, 0.15) is 39.7 Å². The molecule has 0 saturated carbocycles. The average molecular weight is 442 g/mol. The van der Waals surface area contributed by atoms with Gasteiger partial charge in [0.1, 0.15) is 17.9 Å². The maximum Gasteiger partial charge on any atom is 0.408 e. The van der Waals surface area contributed by atoms with Gasteiger partial charge in [-0.1, -0.05) is 25.5 Å². The van der Waals surface area contributed by atoms with Crippen molar-refractivity contribution in [3.63, 3.8) is 0 Å². The van der Waals surface area contributed by atoms with Gasteiger partial charge in [-0.2, -0.15) is 0 Å². The van der Waals surface area contributed by atoms with Crippen molar-refractivity contribution in [2.24, 2.45) is 0 Å². The fourth-order valence-corrected chi connectivity index (χ4v) is 2.70. The van der Waals surface area contributed by atoms with Crippen molar-refractivity contribution in [3.8, 4) is 5.75 Å². The van der Waals surface area contributed by atoms with E-state index in [1.165, 1.54) is 5.56 Å². The predicted octanol–water partition coefficient (Wildman–Crippen LogP) is 4.12. The number of carbonyl (C=O) groups is 3. The van der Waals surface area contributed by atoms with Gasteiger partial charge in [-0.15, -0.1) is 0 Å². The number of hydrogen-bond acceptors (Lipinski definition) is 5. The third-order valence-electron chi connectivity index (χ3n) is 4.08. The molecule has 3 amide bonds. The lowest BCUT2D eigenvalue weighted by Gasteiger charge is -2.19. The molecule has 0 heterocycles. The highest BCUT2D eigenvalue weighted by molar-refractivity contribution is 5.95. The van der Waals surface area contributed by atoms with Crippen molar-refractivity contribution in [2.75, 3.05) is 23.8 Å². The Kier molecular flexibility index (Phi) is 9.07. The van der Waals surface area contributed by atoms with Crippen LogP contribution in [-0.4, -0.2) is 36.7 Å². The second-order valence-corrected chi connectivity index (χ2v) is 8.21. The Bertz CT molecular complexity index is 903. The molecule has 8 heteroatoms. The van der Waals surface area contributed by atoms with Crippen LogP contribution in [0, 0.1) is 0 Å². The molecule has 3 N–H and O–H groups in total. The third-order valence-corrected chi connectivity index (χ3v) is 4.08. The van der Waals surface area contributed by atoms with E-state index < -0.39 is 17.6 Å². The Balaban J connectivity index is 1.74. The maximum atomic E-state index is 12.1. The average Bonchev–Trinajstić information content (AvgIpc) is 2.72. The van der Waals surface area contributed by atoms with Gasteiger partial charge in [-0.05, 0) is 69.2 Å². The second-order valence-electron chi connectivity index (χ2n) is 8.21. The van der Waals surface area contributed by atoms with Gasteiger partial charge in [0.05, 0.1) is 0 Å². The Morgan fingerprint density at radius 3 is 1.94 bits per heavy atom. The molecule has 0 spiro atoms. The molecule has 2 aromatic carbocycles. The standard InChI is InChI=1S/C24H31N3O5/c1-5-6-17-7-13-20(14-8-17)31-16-22(29)27-19-11-9-18(10-12-19)26-21(28)15-25-23(30)32-24(2,3)4/h7-14H,5-6,15-16H2,1-4H3,(H,25,30)(H,26,28)(H,27,29). The molecular weight excluding hydrogens is 410 g/mol. The zero-order valence-electron chi connectivity index (χ0n) is 19.0.